The minimum Gasteiger partial charge on any atom is -0.352 e. The van der Waals surface area contributed by atoms with Gasteiger partial charge < -0.3 is 14.8 Å². The number of aliphatic imine (C=N–C) groups is 1. The molecule has 0 unspecified atom stereocenters. The number of hydrogen-bond acceptors (Lipinski definition) is 2. The van der Waals surface area contributed by atoms with E-state index in [1.165, 1.54) is 15.4 Å². The van der Waals surface area contributed by atoms with Crippen LogP contribution < -0.4 is 5.32 Å². The van der Waals surface area contributed by atoms with Crippen molar-refractivity contribution in [2.75, 3.05) is 14.1 Å². The van der Waals surface area contributed by atoms with Crippen LogP contribution in [0.5, 0.6) is 0 Å². The summed E-state index contributed by atoms with van der Waals surface area (Å²) in [5.74, 6) is 0.901. The molecule has 0 atom stereocenters. The molecule has 2 rings (SSSR count). The maximum absolute atomic E-state index is 4.36. The maximum Gasteiger partial charge on any atom is 0.194 e. The maximum atomic E-state index is 4.36. The van der Waals surface area contributed by atoms with E-state index in [0.717, 1.165) is 23.5 Å². The van der Waals surface area contributed by atoms with E-state index in [1.807, 2.05) is 18.4 Å². The standard InChI is InChI=1S/C15H21BrN4S/c1-11-5-6-14(21-11)8-18-15(17-2)20(4)10-13-7-12(16)9-19(13)3/h5-7,9H,8,10H2,1-4H3,(H,17,18). The van der Waals surface area contributed by atoms with Crippen molar-refractivity contribution in [3.05, 3.63) is 44.3 Å². The monoisotopic (exact) mass is 368 g/mol. The lowest BCUT2D eigenvalue weighted by atomic mass is 10.4. The summed E-state index contributed by atoms with van der Waals surface area (Å²) in [5.41, 5.74) is 1.24. The summed E-state index contributed by atoms with van der Waals surface area (Å²) in [5, 5.41) is 3.41. The molecule has 0 aliphatic heterocycles. The summed E-state index contributed by atoms with van der Waals surface area (Å²) in [6, 6.07) is 6.44. The Labute approximate surface area is 138 Å². The molecule has 0 aliphatic rings. The fourth-order valence-corrected chi connectivity index (χ4v) is 3.57. The molecule has 2 heterocycles. The number of nitrogens with zero attached hydrogens (tertiary/aromatic N) is 3. The van der Waals surface area contributed by atoms with Crippen molar-refractivity contribution in [3.63, 3.8) is 0 Å². The SMILES string of the molecule is CN=C(NCc1ccc(C)s1)N(C)Cc1cc(Br)cn1C. The quantitative estimate of drug-likeness (QED) is 0.662. The van der Waals surface area contributed by atoms with Gasteiger partial charge in [-0.25, -0.2) is 0 Å². The number of rotatable bonds is 4. The number of hydrogen-bond donors (Lipinski definition) is 1. The smallest absolute Gasteiger partial charge is 0.194 e. The van der Waals surface area contributed by atoms with Crippen LogP contribution in [0.2, 0.25) is 0 Å². The molecular weight excluding hydrogens is 348 g/mol. The minimum absolute atomic E-state index is 0.811. The van der Waals surface area contributed by atoms with Gasteiger partial charge in [0, 0.05) is 47.3 Å². The van der Waals surface area contributed by atoms with Crippen molar-refractivity contribution in [3.8, 4) is 0 Å². The van der Waals surface area contributed by atoms with Crippen LogP contribution in [0.3, 0.4) is 0 Å². The predicted molar refractivity (Wildman–Crippen MR) is 93.8 cm³/mol. The summed E-state index contributed by atoms with van der Waals surface area (Å²) >= 11 is 5.32. The van der Waals surface area contributed by atoms with Gasteiger partial charge in [0.25, 0.3) is 0 Å². The fraction of sp³-hybridized carbons (Fsp3) is 0.400. The van der Waals surface area contributed by atoms with E-state index in [0.29, 0.717) is 0 Å². The van der Waals surface area contributed by atoms with Crippen molar-refractivity contribution in [2.24, 2.45) is 12.0 Å². The molecule has 0 aromatic carbocycles. The van der Waals surface area contributed by atoms with E-state index in [4.69, 9.17) is 0 Å². The van der Waals surface area contributed by atoms with Crippen LogP contribution in [0.25, 0.3) is 0 Å². The Hall–Kier alpha value is -1.27. The van der Waals surface area contributed by atoms with Crippen molar-refractivity contribution in [1.82, 2.24) is 14.8 Å². The molecule has 6 heteroatoms. The number of thiophene rings is 1. The number of guanidine groups is 1. The lowest BCUT2D eigenvalue weighted by molar-refractivity contribution is 0.462. The van der Waals surface area contributed by atoms with Gasteiger partial charge >= 0.3 is 0 Å². The molecule has 2 aromatic heterocycles. The normalized spacial score (nSPS) is 11.8. The van der Waals surface area contributed by atoms with Gasteiger partial charge in [-0.2, -0.15) is 0 Å². The van der Waals surface area contributed by atoms with Crippen molar-refractivity contribution in [2.45, 2.75) is 20.0 Å². The van der Waals surface area contributed by atoms with Gasteiger partial charge in [0.1, 0.15) is 0 Å². The van der Waals surface area contributed by atoms with Gasteiger partial charge in [-0.1, -0.05) is 0 Å². The zero-order valence-electron chi connectivity index (χ0n) is 12.9. The van der Waals surface area contributed by atoms with Crippen LogP contribution in [-0.4, -0.2) is 29.5 Å². The molecule has 0 radical (unpaired) electrons. The Balaban J connectivity index is 1.95. The molecule has 0 saturated heterocycles. The lowest BCUT2D eigenvalue weighted by Crippen LogP contribution is -2.38. The van der Waals surface area contributed by atoms with Gasteiger partial charge in [0.15, 0.2) is 5.96 Å². The highest BCUT2D eigenvalue weighted by Crippen LogP contribution is 2.16. The van der Waals surface area contributed by atoms with Gasteiger partial charge in [-0.15, -0.1) is 11.3 Å². The summed E-state index contributed by atoms with van der Waals surface area (Å²) < 4.78 is 3.22. The second-order valence-electron chi connectivity index (χ2n) is 5.03. The zero-order valence-corrected chi connectivity index (χ0v) is 15.3. The molecule has 21 heavy (non-hydrogen) atoms. The number of aryl methyl sites for hydroxylation is 2. The number of aromatic nitrogens is 1. The third kappa shape index (κ3) is 4.35. The van der Waals surface area contributed by atoms with E-state index in [2.05, 4.69) is 81.1 Å². The first-order chi connectivity index (χ1) is 9.99. The molecule has 0 amide bonds. The van der Waals surface area contributed by atoms with E-state index in [1.54, 1.807) is 0 Å². The summed E-state index contributed by atoms with van der Waals surface area (Å²) in [7, 11) is 5.92. The minimum atomic E-state index is 0.811. The van der Waals surface area contributed by atoms with Gasteiger partial charge in [0.05, 0.1) is 13.1 Å². The molecule has 0 spiro atoms. The van der Waals surface area contributed by atoms with Gasteiger partial charge in [0.2, 0.25) is 0 Å². The molecule has 0 aliphatic carbocycles. The first-order valence-corrected chi connectivity index (χ1v) is 8.38. The summed E-state index contributed by atoms with van der Waals surface area (Å²) in [6.45, 7) is 3.75. The molecular formula is C15H21BrN4S. The Morgan fingerprint density at radius 3 is 2.76 bits per heavy atom. The molecule has 0 saturated carbocycles. The second kappa shape index (κ2) is 7.13. The highest BCUT2D eigenvalue weighted by molar-refractivity contribution is 9.10. The zero-order chi connectivity index (χ0) is 15.4. The van der Waals surface area contributed by atoms with Crippen LogP contribution in [0.1, 0.15) is 15.4 Å². The number of halogens is 1. The van der Waals surface area contributed by atoms with E-state index in [-0.39, 0.29) is 0 Å². The van der Waals surface area contributed by atoms with E-state index >= 15 is 0 Å². The highest BCUT2D eigenvalue weighted by atomic mass is 79.9. The third-order valence-corrected chi connectivity index (χ3v) is 4.70. The third-order valence-electron chi connectivity index (χ3n) is 3.26. The second-order valence-corrected chi connectivity index (χ2v) is 7.32. The van der Waals surface area contributed by atoms with Crippen molar-refractivity contribution < 1.29 is 0 Å². The van der Waals surface area contributed by atoms with E-state index < -0.39 is 0 Å². The lowest BCUT2D eigenvalue weighted by Gasteiger charge is -2.22. The molecule has 1 N–H and O–H groups in total. The van der Waals surface area contributed by atoms with Gasteiger partial charge in [-0.05, 0) is 41.1 Å². The fourth-order valence-electron chi connectivity index (χ4n) is 2.17. The molecule has 114 valence electrons. The average Bonchev–Trinajstić information content (AvgIpc) is 2.96. The van der Waals surface area contributed by atoms with Crippen molar-refractivity contribution in [1.29, 1.82) is 0 Å². The van der Waals surface area contributed by atoms with Crippen LogP contribution in [0, 0.1) is 6.92 Å². The first-order valence-electron chi connectivity index (χ1n) is 6.77. The molecule has 4 nitrogen and oxygen atoms in total. The van der Waals surface area contributed by atoms with Crippen LogP contribution in [0.4, 0.5) is 0 Å². The number of nitrogens with one attached hydrogen (secondary N) is 1. The van der Waals surface area contributed by atoms with Crippen LogP contribution in [-0.2, 0) is 20.1 Å². The highest BCUT2D eigenvalue weighted by Gasteiger charge is 2.09. The van der Waals surface area contributed by atoms with E-state index in [9.17, 15) is 0 Å². The molecule has 0 bridgehead atoms. The Morgan fingerprint density at radius 1 is 1.48 bits per heavy atom. The van der Waals surface area contributed by atoms with Crippen LogP contribution >= 0.6 is 27.3 Å². The Bertz CT molecular complexity index is 629. The van der Waals surface area contributed by atoms with Gasteiger partial charge in [-0.3, -0.25) is 4.99 Å². The average molecular weight is 369 g/mol. The largest absolute Gasteiger partial charge is 0.352 e. The molecule has 2 aromatic rings. The summed E-state index contributed by atoms with van der Waals surface area (Å²) in [4.78, 5) is 9.14. The Morgan fingerprint density at radius 2 is 2.24 bits per heavy atom. The summed E-state index contributed by atoms with van der Waals surface area (Å²) in [6.07, 6.45) is 2.06. The predicted octanol–water partition coefficient (Wildman–Crippen LogP) is 3.36. The first kappa shape index (κ1) is 16.1. The van der Waals surface area contributed by atoms with Crippen molar-refractivity contribution >= 4 is 33.2 Å². The van der Waals surface area contributed by atoms with Crippen LogP contribution in [0.15, 0.2) is 33.9 Å². The topological polar surface area (TPSA) is 32.6 Å². The Kier molecular flexibility index (Phi) is 5.47. The molecule has 0 fully saturated rings.